The van der Waals surface area contributed by atoms with Gasteiger partial charge in [-0.3, -0.25) is 9.59 Å². The van der Waals surface area contributed by atoms with E-state index in [1.165, 1.54) is 25.1 Å². The molecule has 4 rings (SSSR count). The molecule has 0 aliphatic heterocycles. The number of hydrogen-bond donors (Lipinski definition) is 2. The summed E-state index contributed by atoms with van der Waals surface area (Å²) in [6.45, 7) is 25.4. The van der Waals surface area contributed by atoms with Crippen LogP contribution in [0.1, 0.15) is 61.3 Å². The first-order valence-electron chi connectivity index (χ1n) is 17.6. The van der Waals surface area contributed by atoms with Gasteiger partial charge < -0.3 is 35.5 Å². The Morgan fingerprint density at radius 1 is 0.768 bits per heavy atom. The quantitative estimate of drug-likeness (QED) is 0.0496. The van der Waals surface area contributed by atoms with E-state index in [0.29, 0.717) is 13.3 Å². The topological polar surface area (TPSA) is 146 Å². The van der Waals surface area contributed by atoms with Crippen LogP contribution in [0.2, 0.25) is 51.4 Å². The Bertz CT molecular complexity index is 1460. The van der Waals surface area contributed by atoms with E-state index in [-0.39, 0.29) is 25.6 Å². The minimum atomic E-state index is -4.92. The first kappa shape index (κ1) is 57.0. The summed E-state index contributed by atoms with van der Waals surface area (Å²) in [7, 11) is -2.17. The molecule has 0 fully saturated rings. The number of rotatable bonds is 13. The van der Waals surface area contributed by atoms with Gasteiger partial charge in [0.1, 0.15) is 13.5 Å². The van der Waals surface area contributed by atoms with E-state index in [1.807, 2.05) is 10.8 Å². The number of halogens is 6. The van der Waals surface area contributed by atoms with Crippen molar-refractivity contribution in [2.45, 2.75) is 117 Å². The second-order valence-corrected chi connectivity index (χ2v) is 25.1. The van der Waals surface area contributed by atoms with Gasteiger partial charge in [0.2, 0.25) is 0 Å². The van der Waals surface area contributed by atoms with Crippen molar-refractivity contribution >= 4 is 27.7 Å². The molecule has 0 spiro atoms. The summed E-state index contributed by atoms with van der Waals surface area (Å²) >= 11 is 0. The zero-order chi connectivity index (χ0) is 42.6. The molecule has 0 amide bonds. The van der Waals surface area contributed by atoms with E-state index in [1.54, 1.807) is 31.2 Å². The van der Waals surface area contributed by atoms with Crippen molar-refractivity contribution in [3.8, 4) is 0 Å². The molecule has 2 N–H and O–H groups in total. The summed E-state index contributed by atoms with van der Waals surface area (Å²) < 4.78 is 85.5. The zero-order valence-corrected chi connectivity index (χ0v) is 36.4. The third kappa shape index (κ3) is 31.9. The van der Waals surface area contributed by atoms with Crippen molar-refractivity contribution < 1.29 is 64.3 Å². The maximum absolute atomic E-state index is 12.3. The molecule has 0 saturated heterocycles. The number of nitrogens with one attached hydrogen (secondary N) is 2. The van der Waals surface area contributed by atoms with Crippen LogP contribution in [0.3, 0.4) is 0 Å². The summed E-state index contributed by atoms with van der Waals surface area (Å²) in [5.74, 6) is -5.23. The fraction of sp³-hybridized carbons (Fsp3) is 0.571. The number of hydrogen-bond acceptors (Lipinski definition) is 8. The number of unbranched alkanes of at least 4 members (excludes halogenated alkanes) is 1. The Labute approximate surface area is 341 Å². The number of ether oxygens (including phenoxy) is 2. The first-order chi connectivity index (χ1) is 25.5. The minimum Gasteiger partial charge on any atom is -0.361 e. The fourth-order valence-electron chi connectivity index (χ4n) is 2.94. The van der Waals surface area contributed by atoms with E-state index in [4.69, 9.17) is 9.47 Å². The normalized spacial score (nSPS) is 10.9. The molecular formula is C35H59F6LiN8O4Si2. The third-order valence-electron chi connectivity index (χ3n) is 5.93. The molecule has 0 saturated carbocycles. The average Bonchev–Trinajstić information content (AvgIpc) is 3.93. The SMILES string of the molecule is CCC.C[Si](C)(C)CCOCn1ccnc1.C[Si](C)(C)CCOCn1ccnc1C(=O)C(F)(F)F.O=C(c1ncc[nH]1)C(F)(F)F.[CH2-]CCC.[Li+].c1c[nH]cn1. The summed E-state index contributed by atoms with van der Waals surface area (Å²) in [5, 5.41) is 0. The van der Waals surface area contributed by atoms with Crippen molar-refractivity contribution in [3.05, 3.63) is 80.8 Å². The minimum absolute atomic E-state index is 0. The maximum atomic E-state index is 12.3. The first-order valence-corrected chi connectivity index (χ1v) is 25.0. The second kappa shape index (κ2) is 30.8. The van der Waals surface area contributed by atoms with Crippen LogP contribution >= 0.6 is 0 Å². The van der Waals surface area contributed by atoms with Crippen LogP contribution in [-0.4, -0.2) is 92.3 Å². The van der Waals surface area contributed by atoms with E-state index in [0.717, 1.165) is 42.2 Å². The van der Waals surface area contributed by atoms with Crippen LogP contribution in [0.25, 0.3) is 0 Å². The van der Waals surface area contributed by atoms with Crippen LogP contribution in [0.15, 0.2) is 62.2 Å². The van der Waals surface area contributed by atoms with Crippen LogP contribution in [0.4, 0.5) is 26.3 Å². The molecule has 21 heteroatoms. The zero-order valence-electron chi connectivity index (χ0n) is 34.4. The van der Waals surface area contributed by atoms with Gasteiger partial charge in [-0.15, -0.1) is 0 Å². The van der Waals surface area contributed by atoms with Gasteiger partial charge in [0.25, 0.3) is 0 Å². The Morgan fingerprint density at radius 3 is 1.66 bits per heavy atom. The van der Waals surface area contributed by atoms with Gasteiger partial charge in [-0.2, -0.15) is 32.8 Å². The average molecular weight is 833 g/mol. The van der Waals surface area contributed by atoms with Gasteiger partial charge in [0.05, 0.1) is 12.7 Å². The van der Waals surface area contributed by atoms with Crippen molar-refractivity contribution in [3.63, 3.8) is 0 Å². The predicted octanol–water partition coefficient (Wildman–Crippen LogP) is 6.74. The van der Waals surface area contributed by atoms with E-state index < -0.39 is 51.7 Å². The van der Waals surface area contributed by atoms with Gasteiger partial charge in [-0.25, -0.2) is 19.9 Å². The van der Waals surface area contributed by atoms with Gasteiger partial charge >= 0.3 is 42.8 Å². The molecule has 0 bridgehead atoms. The fourth-order valence-corrected chi connectivity index (χ4v) is 4.45. The number of aromatic amines is 2. The van der Waals surface area contributed by atoms with E-state index in [9.17, 15) is 35.9 Å². The van der Waals surface area contributed by atoms with Crippen LogP contribution in [0, 0.1) is 6.92 Å². The van der Waals surface area contributed by atoms with Gasteiger partial charge in [0.15, 0.2) is 11.6 Å². The standard InChI is InChI=1S/C11H17F3N2O2Si.C9H18N2OSi.C5H3F3N2O.C4H9.C3H4N2.C3H8.Li/c1-19(2,3)7-6-18-8-16-5-4-15-10(16)9(17)11(12,13)14;1-13(2,3)7-6-12-9-11-5-4-10-8-11;6-5(7,8)3(11)4-9-1-2-10-4;1-3-4-2;1-2-5-3-4-1;1-3-2;/h4-5H,6-8H2,1-3H3;4-5,8H,6-7,9H2,1-3H3;1-2H,(H,9,10);1,3-4H2,2H3;1-3H,(H,4,5);3H2,1-2H3;/q;;;-1;;;+1. The molecule has 0 unspecified atom stereocenters. The molecular weight excluding hydrogens is 774 g/mol. The molecule has 4 aromatic rings. The van der Waals surface area contributed by atoms with Gasteiger partial charge in [-0.05, 0) is 12.1 Å². The summed E-state index contributed by atoms with van der Waals surface area (Å²) in [6, 6.07) is 2.13. The van der Waals surface area contributed by atoms with Gasteiger partial charge in [0, 0.05) is 78.9 Å². The number of H-pyrrole nitrogens is 2. The molecule has 0 radical (unpaired) electrons. The second-order valence-electron chi connectivity index (χ2n) is 13.9. The van der Waals surface area contributed by atoms with Gasteiger partial charge in [-0.1, -0.05) is 72.9 Å². The maximum Gasteiger partial charge on any atom is 1.00 e. The Morgan fingerprint density at radius 2 is 1.30 bits per heavy atom. The molecule has 0 aliphatic carbocycles. The molecule has 0 aromatic carbocycles. The number of aromatic nitrogens is 8. The van der Waals surface area contributed by atoms with Crippen molar-refractivity contribution in [2.75, 3.05) is 13.2 Å². The van der Waals surface area contributed by atoms with Crippen LogP contribution < -0.4 is 18.9 Å². The summed E-state index contributed by atoms with van der Waals surface area (Å²) in [6.07, 6.45) is 8.98. The Kier molecular flexibility index (Phi) is 31.4. The largest absolute Gasteiger partial charge is 1.00 e. The molecule has 0 atom stereocenters. The predicted molar refractivity (Wildman–Crippen MR) is 207 cm³/mol. The number of carbonyl (C=O) groups is 2. The molecule has 0 aliphatic rings. The summed E-state index contributed by atoms with van der Waals surface area (Å²) in [4.78, 5) is 40.4. The van der Waals surface area contributed by atoms with Crippen LogP contribution in [0.5, 0.6) is 0 Å². The summed E-state index contributed by atoms with van der Waals surface area (Å²) in [5.41, 5.74) is 0. The van der Waals surface area contributed by atoms with E-state index >= 15 is 0 Å². The van der Waals surface area contributed by atoms with Crippen molar-refractivity contribution in [1.29, 1.82) is 0 Å². The number of nitrogens with zero attached hydrogens (tertiary/aromatic N) is 6. The molecule has 4 heterocycles. The smallest absolute Gasteiger partial charge is 0.361 e. The number of Topliss-reactive ketones (excluding diaryl/α,β-unsaturated/α-hetero) is 2. The van der Waals surface area contributed by atoms with E-state index in [2.05, 4.69) is 96.9 Å². The van der Waals surface area contributed by atoms with Crippen LogP contribution in [-0.2, 0) is 22.9 Å². The molecule has 12 nitrogen and oxygen atoms in total. The molecule has 314 valence electrons. The number of ketones is 2. The monoisotopic (exact) mass is 832 g/mol. The van der Waals surface area contributed by atoms with Crippen molar-refractivity contribution in [1.82, 2.24) is 39.0 Å². The van der Waals surface area contributed by atoms with Crippen molar-refractivity contribution in [2.24, 2.45) is 0 Å². The molecule has 56 heavy (non-hydrogen) atoms. The Hall–Kier alpha value is -3.29. The third-order valence-corrected chi connectivity index (χ3v) is 9.34. The molecule has 4 aromatic heterocycles. The Balaban J connectivity index is -0.000000664. The number of carbonyl (C=O) groups excluding carboxylic acids is 2. The number of alkyl halides is 6. The number of imidazole rings is 4.